The molecule has 108 valence electrons. The minimum absolute atomic E-state index is 0.0170. The summed E-state index contributed by atoms with van der Waals surface area (Å²) in [6, 6.07) is 8.26. The summed E-state index contributed by atoms with van der Waals surface area (Å²) < 4.78 is 0. The molecule has 1 heterocycles. The number of nitrogens with zero attached hydrogens (tertiary/aromatic N) is 1. The molecular formula is C17H23NO2. The van der Waals surface area contributed by atoms with Crippen LogP contribution in [0.25, 0.3) is 6.08 Å². The average Bonchev–Trinajstić information content (AvgIpc) is 2.45. The highest BCUT2D eigenvalue weighted by Crippen LogP contribution is 2.16. The lowest BCUT2D eigenvalue weighted by Gasteiger charge is -2.29. The predicted octanol–water partition coefficient (Wildman–Crippen LogP) is 2.81. The van der Waals surface area contributed by atoms with E-state index >= 15 is 0 Å². The maximum Gasteiger partial charge on any atom is 0.246 e. The Morgan fingerprint density at radius 1 is 1.35 bits per heavy atom. The molecule has 20 heavy (non-hydrogen) atoms. The van der Waals surface area contributed by atoms with Crippen LogP contribution in [-0.4, -0.2) is 35.1 Å². The molecule has 0 spiro atoms. The van der Waals surface area contributed by atoms with Gasteiger partial charge < -0.3 is 10.0 Å². The van der Waals surface area contributed by atoms with E-state index in [1.807, 2.05) is 18.2 Å². The molecule has 1 saturated heterocycles. The molecule has 1 aliphatic heterocycles. The number of aliphatic hydroxyl groups excluding tert-OH is 1. The lowest BCUT2D eigenvalue weighted by molar-refractivity contribution is -0.128. The Morgan fingerprint density at radius 3 is 2.65 bits per heavy atom. The number of hydrogen-bond donors (Lipinski definition) is 1. The van der Waals surface area contributed by atoms with Gasteiger partial charge in [0.25, 0.3) is 0 Å². The zero-order chi connectivity index (χ0) is 14.5. The molecule has 1 N–H and O–H groups in total. The highest BCUT2D eigenvalue weighted by Gasteiger charge is 2.20. The van der Waals surface area contributed by atoms with Crippen molar-refractivity contribution in [2.24, 2.45) is 0 Å². The van der Waals surface area contributed by atoms with Gasteiger partial charge in [0.15, 0.2) is 0 Å². The van der Waals surface area contributed by atoms with Crippen LogP contribution in [0.3, 0.4) is 0 Å². The van der Waals surface area contributed by atoms with Gasteiger partial charge in [0.2, 0.25) is 5.91 Å². The van der Waals surface area contributed by atoms with Gasteiger partial charge >= 0.3 is 0 Å². The summed E-state index contributed by atoms with van der Waals surface area (Å²) in [5, 5.41) is 9.58. The minimum Gasteiger partial charge on any atom is -0.391 e. The number of carbonyl (C=O) groups excluding carboxylic acids is 1. The van der Waals surface area contributed by atoms with Crippen LogP contribution in [0.15, 0.2) is 30.3 Å². The Kier molecular flexibility index (Phi) is 4.96. The Bertz CT molecular complexity index is 476. The van der Waals surface area contributed by atoms with Crippen molar-refractivity contribution < 1.29 is 9.90 Å². The van der Waals surface area contributed by atoms with Crippen molar-refractivity contribution in [2.45, 2.75) is 38.7 Å². The molecule has 0 bridgehead atoms. The summed E-state index contributed by atoms with van der Waals surface area (Å²) >= 11 is 0. The van der Waals surface area contributed by atoms with E-state index in [0.717, 1.165) is 24.9 Å². The van der Waals surface area contributed by atoms with Crippen LogP contribution >= 0.6 is 0 Å². The summed E-state index contributed by atoms with van der Waals surface area (Å²) in [7, 11) is 0. The Balaban J connectivity index is 1.96. The van der Waals surface area contributed by atoms with E-state index in [9.17, 15) is 9.90 Å². The first kappa shape index (κ1) is 14.8. The van der Waals surface area contributed by atoms with Crippen LogP contribution in [0.5, 0.6) is 0 Å². The molecule has 1 aromatic rings. The lowest BCUT2D eigenvalue weighted by Crippen LogP contribution is -2.41. The third-order valence-electron chi connectivity index (χ3n) is 3.73. The zero-order valence-corrected chi connectivity index (χ0v) is 12.2. The lowest BCUT2D eigenvalue weighted by atomic mass is 10.0. The van der Waals surface area contributed by atoms with E-state index in [1.165, 1.54) is 5.56 Å². The molecular weight excluding hydrogens is 250 g/mol. The van der Waals surface area contributed by atoms with Gasteiger partial charge in [0.1, 0.15) is 0 Å². The van der Waals surface area contributed by atoms with Gasteiger partial charge in [-0.1, -0.05) is 38.1 Å². The van der Waals surface area contributed by atoms with Gasteiger partial charge in [-0.2, -0.15) is 0 Å². The fourth-order valence-electron chi connectivity index (χ4n) is 2.42. The minimum atomic E-state index is -0.369. The van der Waals surface area contributed by atoms with Crippen molar-refractivity contribution in [3.05, 3.63) is 41.5 Å². The molecule has 1 aliphatic rings. The first-order chi connectivity index (χ1) is 9.56. The van der Waals surface area contributed by atoms with Gasteiger partial charge in [-0.15, -0.1) is 0 Å². The maximum atomic E-state index is 12.0. The van der Waals surface area contributed by atoms with Gasteiger partial charge in [0, 0.05) is 19.2 Å². The second kappa shape index (κ2) is 6.71. The van der Waals surface area contributed by atoms with E-state index < -0.39 is 0 Å². The van der Waals surface area contributed by atoms with Crippen molar-refractivity contribution in [1.82, 2.24) is 4.90 Å². The summed E-state index contributed by atoms with van der Waals surface area (Å²) in [6.45, 7) is 5.52. The molecule has 2 rings (SSSR count). The number of hydrogen-bond acceptors (Lipinski definition) is 2. The Labute approximate surface area is 120 Å². The van der Waals surface area contributed by atoms with E-state index in [1.54, 1.807) is 11.0 Å². The third-order valence-corrected chi connectivity index (χ3v) is 3.73. The van der Waals surface area contributed by atoms with Gasteiger partial charge in [0.05, 0.1) is 6.10 Å². The number of piperidine rings is 1. The number of aliphatic hydroxyl groups is 1. The number of rotatable bonds is 3. The normalized spacial score (nSPS) is 19.8. The fourth-order valence-corrected chi connectivity index (χ4v) is 2.42. The number of amides is 1. The highest BCUT2D eigenvalue weighted by molar-refractivity contribution is 5.91. The second-order valence-corrected chi connectivity index (χ2v) is 5.74. The summed E-state index contributed by atoms with van der Waals surface area (Å²) in [5.74, 6) is 0.501. The van der Waals surface area contributed by atoms with Crippen LogP contribution in [0.1, 0.15) is 43.7 Å². The SMILES string of the molecule is CC(C)c1ccc(/C=C/C(=O)N2CCCC(O)C2)cc1. The monoisotopic (exact) mass is 273 g/mol. The maximum absolute atomic E-state index is 12.0. The molecule has 1 atom stereocenters. The molecule has 0 saturated carbocycles. The van der Waals surface area contributed by atoms with Crippen molar-refractivity contribution in [3.63, 3.8) is 0 Å². The molecule has 0 aliphatic carbocycles. The van der Waals surface area contributed by atoms with Gasteiger partial charge in [-0.25, -0.2) is 0 Å². The van der Waals surface area contributed by atoms with Gasteiger partial charge in [-0.3, -0.25) is 4.79 Å². The number of likely N-dealkylation sites (tertiary alicyclic amines) is 1. The van der Waals surface area contributed by atoms with Crippen molar-refractivity contribution >= 4 is 12.0 Å². The molecule has 0 radical (unpaired) electrons. The fraction of sp³-hybridized carbons (Fsp3) is 0.471. The topological polar surface area (TPSA) is 40.5 Å². The number of carbonyl (C=O) groups is 1. The average molecular weight is 273 g/mol. The van der Waals surface area contributed by atoms with E-state index in [2.05, 4.69) is 26.0 Å². The Hall–Kier alpha value is -1.61. The Morgan fingerprint density at radius 2 is 2.05 bits per heavy atom. The second-order valence-electron chi connectivity index (χ2n) is 5.74. The smallest absolute Gasteiger partial charge is 0.246 e. The molecule has 3 nitrogen and oxygen atoms in total. The summed E-state index contributed by atoms with van der Waals surface area (Å²) in [5.41, 5.74) is 2.33. The first-order valence-corrected chi connectivity index (χ1v) is 7.31. The van der Waals surface area contributed by atoms with Crippen LogP contribution < -0.4 is 0 Å². The van der Waals surface area contributed by atoms with Crippen LogP contribution in [0, 0.1) is 0 Å². The van der Waals surface area contributed by atoms with E-state index in [-0.39, 0.29) is 12.0 Å². The first-order valence-electron chi connectivity index (χ1n) is 7.31. The highest BCUT2D eigenvalue weighted by atomic mass is 16.3. The van der Waals surface area contributed by atoms with Gasteiger partial charge in [-0.05, 0) is 36.0 Å². The van der Waals surface area contributed by atoms with Crippen LogP contribution in [-0.2, 0) is 4.79 Å². The predicted molar refractivity (Wildman–Crippen MR) is 81.4 cm³/mol. The molecule has 3 heteroatoms. The summed E-state index contributed by atoms with van der Waals surface area (Å²) in [6.07, 6.45) is 4.75. The standard InChI is InChI=1S/C17H23NO2/c1-13(2)15-8-5-14(6-9-15)7-10-17(20)18-11-3-4-16(19)12-18/h5-10,13,16,19H,3-4,11-12H2,1-2H3/b10-7+. The molecule has 0 aromatic heterocycles. The van der Waals surface area contributed by atoms with Crippen LogP contribution in [0.4, 0.5) is 0 Å². The molecule has 1 aromatic carbocycles. The quantitative estimate of drug-likeness (QED) is 0.860. The number of β-amino-alcohol motifs (C(OH)–C–C–N with tert-alkyl or cyclic N) is 1. The third kappa shape index (κ3) is 3.94. The van der Waals surface area contributed by atoms with E-state index in [0.29, 0.717) is 12.5 Å². The largest absolute Gasteiger partial charge is 0.391 e. The summed E-state index contributed by atoms with van der Waals surface area (Å²) in [4.78, 5) is 13.7. The van der Waals surface area contributed by atoms with E-state index in [4.69, 9.17) is 0 Å². The van der Waals surface area contributed by atoms with Crippen molar-refractivity contribution in [1.29, 1.82) is 0 Å². The van der Waals surface area contributed by atoms with Crippen molar-refractivity contribution in [3.8, 4) is 0 Å². The molecule has 1 unspecified atom stereocenters. The number of benzene rings is 1. The van der Waals surface area contributed by atoms with Crippen molar-refractivity contribution in [2.75, 3.05) is 13.1 Å². The zero-order valence-electron chi connectivity index (χ0n) is 12.2. The molecule has 1 amide bonds. The molecule has 1 fully saturated rings. The van der Waals surface area contributed by atoms with Crippen LogP contribution in [0.2, 0.25) is 0 Å².